The number of hydrogen-bond acceptors (Lipinski definition) is 4. The molecule has 0 aliphatic carbocycles. The molecule has 6 nitrogen and oxygen atoms in total. The van der Waals surface area contributed by atoms with E-state index in [1.54, 1.807) is 7.11 Å². The number of rotatable bonds is 11. The van der Waals surface area contributed by atoms with Crippen LogP contribution in [0.25, 0.3) is 11.3 Å². The summed E-state index contributed by atoms with van der Waals surface area (Å²) in [7, 11) is 1.68. The van der Waals surface area contributed by atoms with Crippen molar-refractivity contribution < 1.29 is 9.47 Å². The smallest absolute Gasteiger partial charge is 0.191 e. The van der Waals surface area contributed by atoms with Crippen LogP contribution in [-0.4, -0.2) is 51.0 Å². The van der Waals surface area contributed by atoms with Gasteiger partial charge in [-0.3, -0.25) is 4.98 Å². The number of guanidine groups is 1. The standard InChI is InChI=1S/C21H30N4O2.HI/c1-3-22-21(24-12-7-13-27-15-14-26-2)25-17-18-8-6-9-19(16-18)20-10-4-5-11-23-20;/h4-6,8-11,16H,3,7,12-15,17H2,1-2H3,(H2,22,24,25);1H. The van der Waals surface area contributed by atoms with Gasteiger partial charge >= 0.3 is 0 Å². The molecule has 0 atom stereocenters. The Hall–Kier alpha value is -1.71. The fourth-order valence-corrected chi connectivity index (χ4v) is 2.50. The Morgan fingerprint density at radius 1 is 1.07 bits per heavy atom. The molecule has 2 N–H and O–H groups in total. The second-order valence-corrected chi connectivity index (χ2v) is 6.00. The maximum Gasteiger partial charge on any atom is 0.191 e. The molecule has 7 heteroatoms. The molecule has 0 saturated heterocycles. The third-order valence-corrected chi connectivity index (χ3v) is 3.84. The number of ether oxygens (including phenoxy) is 2. The van der Waals surface area contributed by atoms with E-state index in [2.05, 4.69) is 45.7 Å². The summed E-state index contributed by atoms with van der Waals surface area (Å²) in [5, 5.41) is 6.62. The molecule has 0 radical (unpaired) electrons. The highest BCUT2D eigenvalue weighted by molar-refractivity contribution is 14.0. The van der Waals surface area contributed by atoms with Crippen molar-refractivity contribution in [3.05, 3.63) is 54.2 Å². The van der Waals surface area contributed by atoms with Gasteiger partial charge in [0.15, 0.2) is 5.96 Å². The molecule has 0 amide bonds. The molecule has 0 saturated carbocycles. The van der Waals surface area contributed by atoms with E-state index in [0.29, 0.717) is 26.4 Å². The van der Waals surface area contributed by atoms with Gasteiger partial charge in [0, 0.05) is 38.6 Å². The number of pyridine rings is 1. The van der Waals surface area contributed by atoms with Crippen molar-refractivity contribution in [3.63, 3.8) is 0 Å². The van der Waals surface area contributed by atoms with E-state index in [1.165, 1.54) is 0 Å². The van der Waals surface area contributed by atoms with Gasteiger partial charge in [-0.05, 0) is 37.1 Å². The summed E-state index contributed by atoms with van der Waals surface area (Å²) in [5.41, 5.74) is 3.23. The van der Waals surface area contributed by atoms with E-state index in [9.17, 15) is 0 Å². The van der Waals surface area contributed by atoms with Crippen LogP contribution in [-0.2, 0) is 16.0 Å². The largest absolute Gasteiger partial charge is 0.382 e. The van der Waals surface area contributed by atoms with Crippen molar-refractivity contribution in [1.82, 2.24) is 15.6 Å². The minimum Gasteiger partial charge on any atom is -0.382 e. The van der Waals surface area contributed by atoms with Crippen molar-refractivity contribution >= 4 is 29.9 Å². The quantitative estimate of drug-likeness (QED) is 0.215. The molecule has 1 aromatic heterocycles. The number of nitrogens with one attached hydrogen (secondary N) is 2. The highest BCUT2D eigenvalue weighted by Crippen LogP contribution is 2.18. The molecule has 0 aliphatic rings. The topological polar surface area (TPSA) is 67.8 Å². The molecule has 0 aliphatic heterocycles. The molecule has 2 aromatic rings. The van der Waals surface area contributed by atoms with Crippen LogP contribution >= 0.6 is 24.0 Å². The Bertz CT molecular complexity index is 683. The van der Waals surface area contributed by atoms with E-state index in [4.69, 9.17) is 9.47 Å². The summed E-state index contributed by atoms with van der Waals surface area (Å²) < 4.78 is 10.4. The summed E-state index contributed by atoms with van der Waals surface area (Å²) in [5.74, 6) is 0.817. The summed E-state index contributed by atoms with van der Waals surface area (Å²) in [6.07, 6.45) is 2.73. The summed E-state index contributed by atoms with van der Waals surface area (Å²) in [6.45, 7) is 6.29. The van der Waals surface area contributed by atoms with E-state index < -0.39 is 0 Å². The minimum atomic E-state index is 0. The van der Waals surface area contributed by atoms with Crippen LogP contribution in [0.3, 0.4) is 0 Å². The number of hydrogen-bond donors (Lipinski definition) is 2. The van der Waals surface area contributed by atoms with E-state index in [0.717, 1.165) is 42.3 Å². The average Bonchev–Trinajstić information content (AvgIpc) is 2.72. The first-order valence-corrected chi connectivity index (χ1v) is 9.42. The number of nitrogens with zero attached hydrogens (tertiary/aromatic N) is 2. The van der Waals surface area contributed by atoms with Crippen LogP contribution < -0.4 is 10.6 Å². The Morgan fingerprint density at radius 3 is 2.71 bits per heavy atom. The van der Waals surface area contributed by atoms with Crippen molar-refractivity contribution in [1.29, 1.82) is 0 Å². The zero-order chi connectivity index (χ0) is 19.2. The van der Waals surface area contributed by atoms with Crippen LogP contribution in [0.4, 0.5) is 0 Å². The Balaban J connectivity index is 0.00000392. The molecular weight excluding hydrogens is 467 g/mol. The van der Waals surface area contributed by atoms with E-state index >= 15 is 0 Å². The van der Waals surface area contributed by atoms with Crippen LogP contribution in [0.5, 0.6) is 0 Å². The second-order valence-electron chi connectivity index (χ2n) is 6.00. The van der Waals surface area contributed by atoms with Crippen LogP contribution in [0, 0.1) is 0 Å². The lowest BCUT2D eigenvalue weighted by atomic mass is 10.1. The molecule has 2 rings (SSSR count). The monoisotopic (exact) mass is 498 g/mol. The van der Waals surface area contributed by atoms with Gasteiger partial charge < -0.3 is 20.1 Å². The Morgan fingerprint density at radius 2 is 1.96 bits per heavy atom. The summed E-state index contributed by atoms with van der Waals surface area (Å²) in [4.78, 5) is 9.09. The molecule has 1 heterocycles. The minimum absolute atomic E-state index is 0. The zero-order valence-corrected chi connectivity index (χ0v) is 19.0. The molecular formula is C21H31IN4O2. The number of benzene rings is 1. The fraction of sp³-hybridized carbons (Fsp3) is 0.429. The maximum absolute atomic E-state index is 5.47. The third kappa shape index (κ3) is 9.48. The summed E-state index contributed by atoms with van der Waals surface area (Å²) >= 11 is 0. The lowest BCUT2D eigenvalue weighted by Gasteiger charge is -2.11. The molecule has 0 fully saturated rings. The van der Waals surface area contributed by atoms with Crippen molar-refractivity contribution in [2.24, 2.45) is 4.99 Å². The van der Waals surface area contributed by atoms with Crippen molar-refractivity contribution in [2.45, 2.75) is 19.9 Å². The second kappa shape index (κ2) is 15.2. The first-order chi connectivity index (χ1) is 13.3. The van der Waals surface area contributed by atoms with Crippen LogP contribution in [0.1, 0.15) is 18.9 Å². The molecule has 28 heavy (non-hydrogen) atoms. The van der Waals surface area contributed by atoms with Gasteiger partial charge in [-0.1, -0.05) is 24.3 Å². The van der Waals surface area contributed by atoms with E-state index in [-0.39, 0.29) is 24.0 Å². The average molecular weight is 498 g/mol. The van der Waals surface area contributed by atoms with Gasteiger partial charge in [0.2, 0.25) is 0 Å². The Kier molecular flexibility index (Phi) is 13.2. The SMILES string of the molecule is CCNC(=NCc1cccc(-c2ccccn2)c1)NCCCOCCOC.I. The van der Waals surface area contributed by atoms with Gasteiger partial charge in [0.05, 0.1) is 25.5 Å². The van der Waals surface area contributed by atoms with Gasteiger partial charge in [-0.15, -0.1) is 24.0 Å². The van der Waals surface area contributed by atoms with Crippen LogP contribution in [0.2, 0.25) is 0 Å². The molecule has 1 aromatic carbocycles. The molecule has 0 bridgehead atoms. The highest BCUT2D eigenvalue weighted by atomic mass is 127. The van der Waals surface area contributed by atoms with Gasteiger partial charge in [-0.25, -0.2) is 4.99 Å². The summed E-state index contributed by atoms with van der Waals surface area (Å²) in [6, 6.07) is 14.3. The molecule has 154 valence electrons. The first kappa shape index (κ1) is 24.3. The molecule has 0 spiro atoms. The third-order valence-electron chi connectivity index (χ3n) is 3.84. The predicted molar refractivity (Wildman–Crippen MR) is 125 cm³/mol. The van der Waals surface area contributed by atoms with E-state index in [1.807, 2.05) is 30.5 Å². The van der Waals surface area contributed by atoms with Crippen molar-refractivity contribution in [2.75, 3.05) is 40.0 Å². The van der Waals surface area contributed by atoms with Gasteiger partial charge in [0.25, 0.3) is 0 Å². The zero-order valence-electron chi connectivity index (χ0n) is 16.7. The number of methoxy groups -OCH3 is 1. The Labute approximate surface area is 185 Å². The van der Waals surface area contributed by atoms with Gasteiger partial charge in [0.1, 0.15) is 0 Å². The highest BCUT2D eigenvalue weighted by Gasteiger charge is 2.01. The lowest BCUT2D eigenvalue weighted by molar-refractivity contribution is 0.0698. The molecule has 0 unspecified atom stereocenters. The lowest BCUT2D eigenvalue weighted by Crippen LogP contribution is -2.38. The van der Waals surface area contributed by atoms with Gasteiger partial charge in [-0.2, -0.15) is 0 Å². The maximum atomic E-state index is 5.47. The normalized spacial score (nSPS) is 11.0. The predicted octanol–water partition coefficient (Wildman–Crippen LogP) is 3.47. The van der Waals surface area contributed by atoms with Crippen LogP contribution in [0.15, 0.2) is 53.7 Å². The number of halogens is 1. The number of aliphatic imine (C=N–C) groups is 1. The first-order valence-electron chi connectivity index (χ1n) is 9.42. The number of aromatic nitrogens is 1. The fourth-order valence-electron chi connectivity index (χ4n) is 2.50. The van der Waals surface area contributed by atoms with Crippen molar-refractivity contribution in [3.8, 4) is 11.3 Å².